The molecule has 0 aromatic rings. The van der Waals surface area contributed by atoms with Crippen LogP contribution >= 0.6 is 0 Å². The normalized spacial score (nSPS) is 30.8. The quantitative estimate of drug-likeness (QED) is 0.847. The molecule has 1 saturated heterocycles. The molecule has 1 aliphatic carbocycles. The Morgan fingerprint density at radius 2 is 1.81 bits per heavy atom. The molecular weight excluding hydrogens is 264 g/mol. The molecule has 1 heterocycles. The second kappa shape index (κ2) is 5.29. The van der Waals surface area contributed by atoms with E-state index in [1.807, 2.05) is 25.7 Å². The number of piperazine rings is 1. The van der Waals surface area contributed by atoms with E-state index in [9.17, 15) is 9.59 Å². The van der Waals surface area contributed by atoms with Crippen LogP contribution in [0.1, 0.15) is 67.2 Å². The Hall–Kier alpha value is -1.06. The number of amides is 2. The lowest BCUT2D eigenvalue weighted by atomic mass is 9.80. The largest absolute Gasteiger partial charge is 0.340 e. The number of rotatable bonds is 5. The van der Waals surface area contributed by atoms with Crippen molar-refractivity contribution in [2.75, 3.05) is 0 Å². The second-order valence-corrected chi connectivity index (χ2v) is 7.53. The number of nitrogens with zero attached hydrogens (tertiary/aromatic N) is 1. The smallest absolute Gasteiger partial charge is 0.249 e. The molecule has 2 atom stereocenters. The molecule has 21 heavy (non-hydrogen) atoms. The van der Waals surface area contributed by atoms with Crippen LogP contribution in [0.3, 0.4) is 0 Å². The first-order valence-corrected chi connectivity index (χ1v) is 8.37. The minimum atomic E-state index is -0.700. The van der Waals surface area contributed by atoms with Crippen LogP contribution in [0.4, 0.5) is 0 Å². The van der Waals surface area contributed by atoms with Gasteiger partial charge in [-0.15, -0.1) is 0 Å². The fourth-order valence-electron chi connectivity index (χ4n) is 3.59. The first kappa shape index (κ1) is 16.3. The van der Waals surface area contributed by atoms with E-state index in [1.165, 1.54) is 0 Å². The minimum Gasteiger partial charge on any atom is -0.340 e. The van der Waals surface area contributed by atoms with Gasteiger partial charge in [0.15, 0.2) is 0 Å². The predicted molar refractivity (Wildman–Crippen MR) is 83.7 cm³/mol. The van der Waals surface area contributed by atoms with E-state index < -0.39 is 5.54 Å². The van der Waals surface area contributed by atoms with Gasteiger partial charge in [0.05, 0.1) is 0 Å². The zero-order valence-corrected chi connectivity index (χ0v) is 14.3. The van der Waals surface area contributed by atoms with E-state index in [0.717, 1.165) is 25.7 Å². The Morgan fingerprint density at radius 1 is 1.29 bits per heavy atom. The van der Waals surface area contributed by atoms with Crippen LogP contribution in [0.25, 0.3) is 0 Å². The Bertz CT molecular complexity index is 438. The molecule has 2 rings (SSSR count). The summed E-state index contributed by atoms with van der Waals surface area (Å²) in [6, 6.07) is -0.353. The molecule has 2 fully saturated rings. The third-order valence-electron chi connectivity index (χ3n) is 5.72. The molecule has 4 heteroatoms. The third kappa shape index (κ3) is 2.47. The third-order valence-corrected chi connectivity index (χ3v) is 5.72. The maximum absolute atomic E-state index is 13.3. The predicted octanol–water partition coefficient (Wildman–Crippen LogP) is 2.72. The molecule has 1 aliphatic heterocycles. The highest BCUT2D eigenvalue weighted by Crippen LogP contribution is 2.44. The molecule has 0 aromatic carbocycles. The van der Waals surface area contributed by atoms with Crippen LogP contribution in [0.5, 0.6) is 0 Å². The number of carbonyl (C=O) groups is 2. The summed E-state index contributed by atoms with van der Waals surface area (Å²) in [5.41, 5.74) is -0.950. The molecule has 1 N–H and O–H groups in total. The molecule has 0 aromatic heterocycles. The lowest BCUT2D eigenvalue weighted by molar-refractivity contribution is -0.165. The maximum Gasteiger partial charge on any atom is 0.249 e. The minimum absolute atomic E-state index is 0.0205. The highest BCUT2D eigenvalue weighted by atomic mass is 16.2. The van der Waals surface area contributed by atoms with Crippen LogP contribution in [-0.2, 0) is 9.59 Å². The van der Waals surface area contributed by atoms with Gasteiger partial charge in [-0.1, -0.05) is 27.7 Å². The van der Waals surface area contributed by atoms with Crippen LogP contribution in [0.2, 0.25) is 0 Å². The van der Waals surface area contributed by atoms with Crippen LogP contribution < -0.4 is 5.32 Å². The molecular formula is C17H30N2O2. The Balaban J connectivity index is 2.47. The first-order chi connectivity index (χ1) is 9.71. The van der Waals surface area contributed by atoms with Crippen molar-refractivity contribution in [3.05, 3.63) is 0 Å². The Morgan fingerprint density at radius 3 is 2.19 bits per heavy atom. The van der Waals surface area contributed by atoms with Crippen molar-refractivity contribution >= 4 is 11.8 Å². The molecule has 2 aliphatic rings. The van der Waals surface area contributed by atoms with Crippen LogP contribution in [0, 0.1) is 11.8 Å². The number of hydrogen-bond acceptors (Lipinski definition) is 2. The lowest BCUT2D eigenvalue weighted by Crippen LogP contribution is -2.75. The lowest BCUT2D eigenvalue weighted by Gasteiger charge is -2.53. The van der Waals surface area contributed by atoms with Crippen molar-refractivity contribution in [1.29, 1.82) is 0 Å². The molecule has 0 radical (unpaired) electrons. The van der Waals surface area contributed by atoms with Gasteiger partial charge >= 0.3 is 0 Å². The van der Waals surface area contributed by atoms with Crippen molar-refractivity contribution in [1.82, 2.24) is 10.2 Å². The zero-order valence-electron chi connectivity index (χ0n) is 14.3. The molecule has 0 spiro atoms. The van der Waals surface area contributed by atoms with Crippen LogP contribution in [-0.4, -0.2) is 33.8 Å². The van der Waals surface area contributed by atoms with Gasteiger partial charge in [-0.2, -0.15) is 0 Å². The summed E-state index contributed by atoms with van der Waals surface area (Å²) in [6.07, 6.45) is 3.81. The van der Waals surface area contributed by atoms with Crippen LogP contribution in [0.15, 0.2) is 0 Å². The highest BCUT2D eigenvalue weighted by molar-refractivity contribution is 6.00. The average molecular weight is 294 g/mol. The Labute approximate surface area is 128 Å². The highest BCUT2D eigenvalue weighted by Gasteiger charge is 2.58. The first-order valence-electron chi connectivity index (χ1n) is 8.37. The van der Waals surface area contributed by atoms with E-state index in [-0.39, 0.29) is 29.3 Å². The van der Waals surface area contributed by atoms with E-state index in [1.54, 1.807) is 0 Å². The summed E-state index contributed by atoms with van der Waals surface area (Å²) in [6.45, 7) is 12.3. The van der Waals surface area contributed by atoms with E-state index in [2.05, 4.69) is 26.1 Å². The molecule has 1 saturated carbocycles. The van der Waals surface area contributed by atoms with Crippen molar-refractivity contribution in [3.8, 4) is 0 Å². The molecule has 4 nitrogen and oxygen atoms in total. The molecule has 0 bridgehead atoms. The van der Waals surface area contributed by atoms with E-state index in [4.69, 9.17) is 0 Å². The van der Waals surface area contributed by atoms with Crippen molar-refractivity contribution in [2.24, 2.45) is 11.8 Å². The summed E-state index contributed by atoms with van der Waals surface area (Å²) in [4.78, 5) is 27.9. The standard InChI is InChI=1S/C17H30N2O2/c1-7-16(5,8-2)19-13(11(3)4)14(20)18-17(6,15(19)21)12-9-10-12/h11-13H,7-10H2,1-6H3,(H,18,20). The van der Waals surface area contributed by atoms with Crippen molar-refractivity contribution in [2.45, 2.75) is 84.3 Å². The fourth-order valence-corrected chi connectivity index (χ4v) is 3.59. The summed E-state index contributed by atoms with van der Waals surface area (Å²) >= 11 is 0. The van der Waals surface area contributed by atoms with Crippen molar-refractivity contribution < 1.29 is 9.59 Å². The molecule has 2 unspecified atom stereocenters. The maximum atomic E-state index is 13.3. The van der Waals surface area contributed by atoms with E-state index >= 15 is 0 Å². The monoisotopic (exact) mass is 294 g/mol. The number of nitrogens with one attached hydrogen (secondary N) is 1. The van der Waals surface area contributed by atoms with E-state index in [0.29, 0.717) is 5.92 Å². The second-order valence-electron chi connectivity index (χ2n) is 7.53. The zero-order chi connectivity index (χ0) is 16.0. The fraction of sp³-hybridized carbons (Fsp3) is 0.882. The van der Waals surface area contributed by atoms with Gasteiger partial charge in [0.2, 0.25) is 11.8 Å². The topological polar surface area (TPSA) is 49.4 Å². The van der Waals surface area contributed by atoms with Gasteiger partial charge in [-0.05, 0) is 51.4 Å². The summed E-state index contributed by atoms with van der Waals surface area (Å²) < 4.78 is 0. The summed E-state index contributed by atoms with van der Waals surface area (Å²) in [5, 5.41) is 3.06. The number of carbonyl (C=O) groups excluding carboxylic acids is 2. The van der Waals surface area contributed by atoms with Gasteiger partial charge in [-0.3, -0.25) is 9.59 Å². The average Bonchev–Trinajstić information content (AvgIpc) is 3.26. The number of hydrogen-bond donors (Lipinski definition) is 1. The summed E-state index contributed by atoms with van der Waals surface area (Å²) in [7, 11) is 0. The van der Waals surface area contributed by atoms with Crippen molar-refractivity contribution in [3.63, 3.8) is 0 Å². The summed E-state index contributed by atoms with van der Waals surface area (Å²) in [5.74, 6) is 0.569. The van der Waals surface area contributed by atoms with Gasteiger partial charge in [0, 0.05) is 5.54 Å². The van der Waals surface area contributed by atoms with Gasteiger partial charge < -0.3 is 10.2 Å². The molecule has 2 amide bonds. The van der Waals surface area contributed by atoms with Gasteiger partial charge in [0.1, 0.15) is 11.6 Å². The SMILES string of the molecule is CCC(C)(CC)N1C(=O)C(C)(C2CC2)NC(=O)C1C(C)C. The van der Waals surface area contributed by atoms with Gasteiger partial charge in [0.25, 0.3) is 0 Å². The Kier molecular flexibility index (Phi) is 4.11. The molecule has 120 valence electrons. The van der Waals surface area contributed by atoms with Gasteiger partial charge in [-0.25, -0.2) is 0 Å².